The Morgan fingerprint density at radius 2 is 1.95 bits per heavy atom. The molecule has 1 aliphatic heterocycles. The van der Waals surface area contributed by atoms with Crippen molar-refractivity contribution < 1.29 is 9.59 Å². The number of rotatable bonds is 5. The van der Waals surface area contributed by atoms with Crippen LogP contribution in [0.3, 0.4) is 0 Å². The highest BCUT2D eigenvalue weighted by Gasteiger charge is 2.36. The molecular formula is C15H20N2O2. The molecule has 1 atom stereocenters. The fourth-order valence-corrected chi connectivity index (χ4v) is 2.23. The first-order valence-electron chi connectivity index (χ1n) is 6.80. The average molecular weight is 260 g/mol. The van der Waals surface area contributed by atoms with Crippen molar-refractivity contribution in [2.24, 2.45) is 5.92 Å². The van der Waals surface area contributed by atoms with Crippen LogP contribution >= 0.6 is 0 Å². The van der Waals surface area contributed by atoms with Gasteiger partial charge in [0.1, 0.15) is 0 Å². The molecule has 4 heteroatoms. The summed E-state index contributed by atoms with van der Waals surface area (Å²) in [5.74, 6) is -0.394. The zero-order valence-electron chi connectivity index (χ0n) is 11.5. The van der Waals surface area contributed by atoms with Crippen LogP contribution in [-0.2, 0) is 16.1 Å². The number of hydrogen-bond acceptors (Lipinski definition) is 3. The van der Waals surface area contributed by atoms with Gasteiger partial charge in [0.25, 0.3) is 0 Å². The molecule has 4 nitrogen and oxygen atoms in total. The van der Waals surface area contributed by atoms with E-state index in [1.165, 1.54) is 4.90 Å². The Bertz CT molecular complexity index is 468. The monoisotopic (exact) mass is 260 g/mol. The van der Waals surface area contributed by atoms with Gasteiger partial charge in [0, 0.05) is 18.9 Å². The minimum Gasteiger partial charge on any atom is -0.313 e. The van der Waals surface area contributed by atoms with Gasteiger partial charge in [-0.1, -0.05) is 26.0 Å². The van der Waals surface area contributed by atoms with Gasteiger partial charge in [-0.25, -0.2) is 0 Å². The van der Waals surface area contributed by atoms with Crippen LogP contribution in [0.25, 0.3) is 0 Å². The van der Waals surface area contributed by atoms with Crippen molar-refractivity contribution in [3.05, 3.63) is 29.8 Å². The van der Waals surface area contributed by atoms with E-state index in [9.17, 15) is 9.59 Å². The van der Waals surface area contributed by atoms with Gasteiger partial charge in [-0.3, -0.25) is 14.5 Å². The maximum Gasteiger partial charge on any atom is 0.237 e. The Kier molecular flexibility index (Phi) is 4.32. The molecule has 1 fully saturated rings. The Balaban J connectivity index is 2.06. The zero-order valence-corrected chi connectivity index (χ0v) is 11.5. The second kappa shape index (κ2) is 5.97. The fraction of sp³-hybridized carbons (Fsp3) is 0.467. The number of benzene rings is 1. The smallest absolute Gasteiger partial charge is 0.237 e. The number of hydrogen-bond donors (Lipinski definition) is 1. The van der Waals surface area contributed by atoms with E-state index in [2.05, 4.69) is 12.2 Å². The average Bonchev–Trinajstić information content (AvgIpc) is 2.65. The Labute approximate surface area is 113 Å². The summed E-state index contributed by atoms with van der Waals surface area (Å²) in [6.45, 7) is 5.72. The summed E-state index contributed by atoms with van der Waals surface area (Å²) in [7, 11) is 0. The van der Waals surface area contributed by atoms with Gasteiger partial charge in [-0.15, -0.1) is 0 Å². The highest BCUT2D eigenvalue weighted by atomic mass is 16.2. The fourth-order valence-electron chi connectivity index (χ4n) is 2.23. The molecule has 0 radical (unpaired) electrons. The van der Waals surface area contributed by atoms with E-state index in [-0.39, 0.29) is 17.7 Å². The quantitative estimate of drug-likeness (QED) is 0.651. The normalized spacial score (nSPS) is 19.3. The van der Waals surface area contributed by atoms with Crippen LogP contribution in [0.1, 0.15) is 32.3 Å². The molecule has 19 heavy (non-hydrogen) atoms. The summed E-state index contributed by atoms with van der Waals surface area (Å²) >= 11 is 0. The molecule has 2 amide bonds. The maximum atomic E-state index is 11.9. The van der Waals surface area contributed by atoms with Gasteiger partial charge in [0.2, 0.25) is 11.8 Å². The molecule has 1 heterocycles. The van der Waals surface area contributed by atoms with Gasteiger partial charge in [0.05, 0.1) is 5.69 Å². The molecule has 102 valence electrons. The lowest BCUT2D eigenvalue weighted by molar-refractivity contribution is -0.122. The summed E-state index contributed by atoms with van der Waals surface area (Å²) in [5.41, 5.74) is 1.84. The first-order chi connectivity index (χ1) is 9.13. The Morgan fingerprint density at radius 3 is 2.47 bits per heavy atom. The van der Waals surface area contributed by atoms with Crippen molar-refractivity contribution in [1.82, 2.24) is 5.32 Å². The number of imide groups is 1. The molecule has 0 aromatic heterocycles. The minimum absolute atomic E-state index is 0.0955. The summed E-state index contributed by atoms with van der Waals surface area (Å²) in [4.78, 5) is 25.0. The number of amides is 2. The second-order valence-corrected chi connectivity index (χ2v) is 5.02. The van der Waals surface area contributed by atoms with E-state index in [1.807, 2.05) is 24.3 Å². The molecule has 2 rings (SSSR count). The van der Waals surface area contributed by atoms with Gasteiger partial charge >= 0.3 is 0 Å². The van der Waals surface area contributed by atoms with E-state index in [4.69, 9.17) is 0 Å². The third-order valence-corrected chi connectivity index (χ3v) is 3.32. The van der Waals surface area contributed by atoms with Crippen LogP contribution < -0.4 is 10.2 Å². The summed E-state index contributed by atoms with van der Waals surface area (Å²) in [6.07, 6.45) is 1.42. The Morgan fingerprint density at radius 1 is 1.26 bits per heavy atom. The van der Waals surface area contributed by atoms with Crippen molar-refractivity contribution in [3.8, 4) is 0 Å². The molecule has 0 aliphatic carbocycles. The molecule has 0 bridgehead atoms. The number of carbonyl (C=O) groups is 2. The maximum absolute atomic E-state index is 11.9. The largest absolute Gasteiger partial charge is 0.313 e. The lowest BCUT2D eigenvalue weighted by Crippen LogP contribution is -2.29. The van der Waals surface area contributed by atoms with Crippen LogP contribution in [0.5, 0.6) is 0 Å². The molecule has 1 saturated heterocycles. The number of nitrogens with one attached hydrogen (secondary N) is 1. The van der Waals surface area contributed by atoms with Crippen LogP contribution in [0.4, 0.5) is 5.69 Å². The van der Waals surface area contributed by atoms with Crippen LogP contribution in [-0.4, -0.2) is 18.4 Å². The van der Waals surface area contributed by atoms with Gasteiger partial charge in [0.15, 0.2) is 0 Å². The van der Waals surface area contributed by atoms with Gasteiger partial charge < -0.3 is 5.32 Å². The number of carbonyl (C=O) groups excluding carboxylic acids is 2. The lowest BCUT2D eigenvalue weighted by Gasteiger charge is -2.15. The molecule has 1 unspecified atom stereocenters. The third-order valence-electron chi connectivity index (χ3n) is 3.32. The van der Waals surface area contributed by atoms with E-state index in [0.29, 0.717) is 12.1 Å². The molecule has 1 aliphatic rings. The highest BCUT2D eigenvalue weighted by molar-refractivity contribution is 6.20. The SMILES string of the molecule is CCCNCc1ccc(N2C(=O)CC(C)C2=O)cc1. The summed E-state index contributed by atoms with van der Waals surface area (Å²) in [6, 6.07) is 7.61. The van der Waals surface area contributed by atoms with Gasteiger partial charge in [-0.2, -0.15) is 0 Å². The van der Waals surface area contributed by atoms with Crippen LogP contribution in [0.2, 0.25) is 0 Å². The van der Waals surface area contributed by atoms with Crippen LogP contribution in [0.15, 0.2) is 24.3 Å². The molecule has 0 saturated carbocycles. The molecule has 0 spiro atoms. The predicted octanol–water partition coefficient (Wildman–Crippen LogP) is 2.09. The molecule has 1 aromatic rings. The minimum atomic E-state index is -0.196. The van der Waals surface area contributed by atoms with E-state index >= 15 is 0 Å². The van der Waals surface area contributed by atoms with Crippen molar-refractivity contribution in [1.29, 1.82) is 0 Å². The third kappa shape index (κ3) is 3.01. The number of nitrogens with zero attached hydrogens (tertiary/aromatic N) is 1. The second-order valence-electron chi connectivity index (χ2n) is 5.02. The molecule has 1 aromatic carbocycles. The molecule has 1 N–H and O–H groups in total. The first-order valence-corrected chi connectivity index (χ1v) is 6.80. The zero-order chi connectivity index (χ0) is 13.8. The lowest BCUT2D eigenvalue weighted by atomic mass is 10.1. The van der Waals surface area contributed by atoms with Crippen molar-refractivity contribution in [3.63, 3.8) is 0 Å². The first kappa shape index (κ1) is 13.7. The van der Waals surface area contributed by atoms with Crippen molar-refractivity contribution in [2.75, 3.05) is 11.4 Å². The standard InChI is InChI=1S/C15H20N2O2/c1-3-8-16-10-12-4-6-13(7-5-12)17-14(18)9-11(2)15(17)19/h4-7,11,16H,3,8-10H2,1-2H3. The van der Waals surface area contributed by atoms with E-state index in [0.717, 1.165) is 25.1 Å². The van der Waals surface area contributed by atoms with Crippen molar-refractivity contribution >= 4 is 17.5 Å². The Hall–Kier alpha value is -1.68. The molecular weight excluding hydrogens is 240 g/mol. The van der Waals surface area contributed by atoms with E-state index in [1.54, 1.807) is 6.92 Å². The van der Waals surface area contributed by atoms with Crippen LogP contribution in [0, 0.1) is 5.92 Å². The van der Waals surface area contributed by atoms with Gasteiger partial charge in [-0.05, 0) is 30.7 Å². The van der Waals surface area contributed by atoms with E-state index < -0.39 is 0 Å². The highest BCUT2D eigenvalue weighted by Crippen LogP contribution is 2.26. The topological polar surface area (TPSA) is 49.4 Å². The van der Waals surface area contributed by atoms with Crippen molar-refractivity contribution in [2.45, 2.75) is 33.2 Å². The predicted molar refractivity (Wildman–Crippen MR) is 74.7 cm³/mol. The number of anilines is 1. The summed E-state index contributed by atoms with van der Waals surface area (Å²) in [5, 5.41) is 3.32. The summed E-state index contributed by atoms with van der Waals surface area (Å²) < 4.78 is 0.